The van der Waals surface area contributed by atoms with Crippen molar-refractivity contribution in [3.05, 3.63) is 107 Å². The van der Waals surface area contributed by atoms with Gasteiger partial charge >= 0.3 is 6.09 Å². The van der Waals surface area contributed by atoms with Crippen molar-refractivity contribution in [3.63, 3.8) is 0 Å². The standard InChI is InChI=1S/C30H27F2NO2/c31-21-13-12-20(29(32)17-21)14-19-15-22-6-5-7-23(16-19)33(22)30(34)35-18-28-26-10-3-1-8-24(26)25-9-2-4-11-27(25)28/h1-4,8-13,15,17,22-23,28H,5-7,14,16,18H2. The molecule has 1 aliphatic carbocycles. The van der Waals surface area contributed by atoms with Gasteiger partial charge in [0.2, 0.25) is 0 Å². The second-order valence-electron chi connectivity index (χ2n) is 9.80. The lowest BCUT2D eigenvalue weighted by molar-refractivity contribution is 0.0509. The SMILES string of the molecule is O=C(OCC1c2ccccc2-c2ccccc21)N1C2C=C(Cc3ccc(F)cc3F)CC1CCC2. The molecular formula is C30H27F2NO2. The van der Waals surface area contributed by atoms with Gasteiger partial charge in [-0.05, 0) is 66.0 Å². The van der Waals surface area contributed by atoms with Crippen LogP contribution in [-0.2, 0) is 11.2 Å². The minimum Gasteiger partial charge on any atom is -0.448 e. The molecule has 0 aromatic heterocycles. The van der Waals surface area contributed by atoms with Gasteiger partial charge in [-0.15, -0.1) is 0 Å². The Morgan fingerprint density at radius 3 is 2.34 bits per heavy atom. The Hall–Kier alpha value is -3.47. The van der Waals surface area contributed by atoms with Crippen LogP contribution in [0.4, 0.5) is 13.6 Å². The number of amides is 1. The summed E-state index contributed by atoms with van der Waals surface area (Å²) in [6.45, 7) is 0.306. The number of carbonyl (C=O) groups is 1. The fourth-order valence-electron chi connectivity index (χ4n) is 6.11. The lowest BCUT2D eigenvalue weighted by Crippen LogP contribution is -2.52. The highest BCUT2D eigenvalue weighted by molar-refractivity contribution is 5.79. The van der Waals surface area contributed by atoms with E-state index in [4.69, 9.17) is 4.74 Å². The van der Waals surface area contributed by atoms with E-state index >= 15 is 0 Å². The van der Waals surface area contributed by atoms with Gasteiger partial charge in [-0.3, -0.25) is 4.90 Å². The smallest absolute Gasteiger partial charge is 0.410 e. The highest BCUT2D eigenvalue weighted by Gasteiger charge is 2.39. The van der Waals surface area contributed by atoms with Crippen molar-refractivity contribution >= 4 is 6.09 Å². The minimum absolute atomic E-state index is 0.0311. The number of ether oxygens (including phenoxy) is 1. The van der Waals surface area contributed by atoms with E-state index in [9.17, 15) is 13.6 Å². The molecule has 2 heterocycles. The highest BCUT2D eigenvalue weighted by Crippen LogP contribution is 2.45. The van der Waals surface area contributed by atoms with Gasteiger partial charge in [-0.1, -0.05) is 66.2 Å². The lowest BCUT2D eigenvalue weighted by Gasteiger charge is -2.44. The Balaban J connectivity index is 1.18. The van der Waals surface area contributed by atoms with Crippen molar-refractivity contribution in [2.45, 2.75) is 50.1 Å². The number of rotatable bonds is 4. The van der Waals surface area contributed by atoms with Crippen LogP contribution in [0.3, 0.4) is 0 Å². The Morgan fingerprint density at radius 2 is 1.66 bits per heavy atom. The number of hydrogen-bond acceptors (Lipinski definition) is 2. The molecule has 1 amide bonds. The summed E-state index contributed by atoms with van der Waals surface area (Å²) in [5.74, 6) is -1.05. The van der Waals surface area contributed by atoms with Crippen LogP contribution >= 0.6 is 0 Å². The Bertz CT molecular complexity index is 1270. The minimum atomic E-state index is -0.567. The average molecular weight is 472 g/mol. The van der Waals surface area contributed by atoms with Crippen LogP contribution in [0.25, 0.3) is 11.1 Å². The zero-order chi connectivity index (χ0) is 23.9. The summed E-state index contributed by atoms with van der Waals surface area (Å²) in [5.41, 5.74) is 6.41. The van der Waals surface area contributed by atoms with Crippen molar-refractivity contribution in [2.24, 2.45) is 0 Å². The van der Waals surface area contributed by atoms with E-state index in [1.54, 1.807) is 0 Å². The molecule has 2 atom stereocenters. The Labute approximate surface area is 204 Å². The van der Waals surface area contributed by atoms with Crippen molar-refractivity contribution in [1.82, 2.24) is 4.90 Å². The van der Waals surface area contributed by atoms with Crippen LogP contribution in [0.15, 0.2) is 78.4 Å². The zero-order valence-corrected chi connectivity index (χ0v) is 19.4. The third-order valence-corrected chi connectivity index (χ3v) is 7.69. The van der Waals surface area contributed by atoms with Gasteiger partial charge in [-0.25, -0.2) is 13.6 Å². The zero-order valence-electron chi connectivity index (χ0n) is 19.4. The first-order valence-corrected chi connectivity index (χ1v) is 12.4. The molecule has 1 saturated heterocycles. The van der Waals surface area contributed by atoms with Crippen molar-refractivity contribution in [3.8, 4) is 11.1 Å². The van der Waals surface area contributed by atoms with E-state index in [2.05, 4.69) is 30.3 Å². The molecule has 0 saturated carbocycles. The third kappa shape index (κ3) is 4.03. The molecular weight excluding hydrogens is 444 g/mol. The molecule has 2 unspecified atom stereocenters. The molecule has 0 radical (unpaired) electrons. The predicted molar refractivity (Wildman–Crippen MR) is 131 cm³/mol. The van der Waals surface area contributed by atoms with Crippen LogP contribution in [-0.4, -0.2) is 29.7 Å². The number of fused-ring (bicyclic) bond motifs is 5. The van der Waals surface area contributed by atoms with Gasteiger partial charge in [0.05, 0.1) is 6.04 Å². The number of halogens is 2. The maximum atomic E-state index is 14.2. The molecule has 178 valence electrons. The molecule has 3 aliphatic rings. The normalized spacial score (nSPS) is 20.7. The lowest BCUT2D eigenvalue weighted by atomic mass is 9.83. The summed E-state index contributed by atoms with van der Waals surface area (Å²) in [5, 5.41) is 0. The van der Waals surface area contributed by atoms with Crippen LogP contribution < -0.4 is 0 Å². The molecule has 3 aromatic carbocycles. The van der Waals surface area contributed by atoms with E-state index in [1.807, 2.05) is 29.2 Å². The number of piperidine rings is 1. The second-order valence-corrected chi connectivity index (χ2v) is 9.80. The predicted octanol–water partition coefficient (Wildman–Crippen LogP) is 7.01. The van der Waals surface area contributed by atoms with Crippen molar-refractivity contribution in [1.29, 1.82) is 0 Å². The van der Waals surface area contributed by atoms with Crippen molar-refractivity contribution in [2.75, 3.05) is 6.61 Å². The number of carbonyl (C=O) groups excluding carboxylic acids is 1. The number of nitrogens with zero attached hydrogens (tertiary/aromatic N) is 1. The van der Waals surface area contributed by atoms with Crippen LogP contribution in [0.2, 0.25) is 0 Å². The molecule has 0 spiro atoms. The summed E-state index contributed by atoms with van der Waals surface area (Å²) in [6.07, 6.45) is 5.79. The molecule has 3 aromatic rings. The maximum absolute atomic E-state index is 14.2. The molecule has 3 nitrogen and oxygen atoms in total. The topological polar surface area (TPSA) is 29.5 Å². The molecule has 35 heavy (non-hydrogen) atoms. The summed E-state index contributed by atoms with van der Waals surface area (Å²) >= 11 is 0. The van der Waals surface area contributed by atoms with Gasteiger partial charge < -0.3 is 4.74 Å². The summed E-state index contributed by atoms with van der Waals surface area (Å²) in [7, 11) is 0. The molecule has 1 fully saturated rings. The number of benzene rings is 3. The number of hydrogen-bond donors (Lipinski definition) is 0. The first kappa shape index (κ1) is 22.0. The second kappa shape index (κ2) is 8.95. The fraction of sp³-hybridized carbons (Fsp3) is 0.300. The van der Waals surface area contributed by atoms with Gasteiger partial charge in [0, 0.05) is 18.0 Å². The van der Waals surface area contributed by atoms with Crippen molar-refractivity contribution < 1.29 is 18.3 Å². The molecule has 6 rings (SSSR count). The van der Waals surface area contributed by atoms with E-state index in [1.165, 1.54) is 34.4 Å². The summed E-state index contributed by atoms with van der Waals surface area (Å²) in [6, 6.07) is 20.4. The maximum Gasteiger partial charge on any atom is 0.410 e. The van der Waals surface area contributed by atoms with Crippen LogP contribution in [0.1, 0.15) is 48.3 Å². The van der Waals surface area contributed by atoms with Crippen LogP contribution in [0, 0.1) is 11.6 Å². The molecule has 2 bridgehead atoms. The third-order valence-electron chi connectivity index (χ3n) is 7.69. The monoisotopic (exact) mass is 471 g/mol. The van der Waals surface area contributed by atoms with Gasteiger partial charge in [0.1, 0.15) is 18.2 Å². The first-order valence-electron chi connectivity index (χ1n) is 12.4. The molecule has 0 N–H and O–H groups in total. The van der Waals surface area contributed by atoms with Gasteiger partial charge in [0.25, 0.3) is 0 Å². The van der Waals surface area contributed by atoms with E-state index < -0.39 is 11.6 Å². The molecule has 2 aliphatic heterocycles. The van der Waals surface area contributed by atoms with Gasteiger partial charge in [-0.2, -0.15) is 0 Å². The van der Waals surface area contributed by atoms with E-state index in [0.717, 1.165) is 30.9 Å². The van der Waals surface area contributed by atoms with Gasteiger partial charge in [0.15, 0.2) is 0 Å². The first-order chi connectivity index (χ1) is 17.1. The quantitative estimate of drug-likeness (QED) is 0.383. The van der Waals surface area contributed by atoms with E-state index in [0.29, 0.717) is 25.0 Å². The largest absolute Gasteiger partial charge is 0.448 e. The Morgan fingerprint density at radius 1 is 0.943 bits per heavy atom. The highest BCUT2D eigenvalue weighted by atomic mass is 19.1. The summed E-state index contributed by atoms with van der Waals surface area (Å²) in [4.78, 5) is 15.2. The Kier molecular flexibility index (Phi) is 5.63. The van der Waals surface area contributed by atoms with E-state index in [-0.39, 0.29) is 24.1 Å². The fourth-order valence-corrected chi connectivity index (χ4v) is 6.11. The van der Waals surface area contributed by atoms with Crippen LogP contribution in [0.5, 0.6) is 0 Å². The molecule has 5 heteroatoms. The summed E-state index contributed by atoms with van der Waals surface area (Å²) < 4.78 is 33.5. The average Bonchev–Trinajstić information content (AvgIpc) is 3.17.